The molecule has 2 heterocycles. The average Bonchev–Trinajstić information content (AvgIpc) is 2.83. The molecule has 21 heavy (non-hydrogen) atoms. The largest absolute Gasteiger partial charge is 0.470 e. The Labute approximate surface area is 126 Å². The number of anilines is 2. The van der Waals surface area contributed by atoms with Gasteiger partial charge in [0.05, 0.1) is 5.69 Å². The first-order valence-corrected chi connectivity index (χ1v) is 7.10. The van der Waals surface area contributed by atoms with Crippen LogP contribution in [0.25, 0.3) is 0 Å². The summed E-state index contributed by atoms with van der Waals surface area (Å²) in [6, 6.07) is 3.72. The zero-order chi connectivity index (χ0) is 15.6. The second kappa shape index (κ2) is 6.07. The highest BCUT2D eigenvalue weighted by atomic mass is 16.5. The lowest BCUT2D eigenvalue weighted by molar-refractivity contribution is -0.00461. The van der Waals surface area contributed by atoms with Crippen LogP contribution in [0.4, 0.5) is 11.5 Å². The van der Waals surface area contributed by atoms with Gasteiger partial charge in [-0.1, -0.05) is 0 Å². The maximum Gasteiger partial charge on any atom is 0.239 e. The van der Waals surface area contributed by atoms with Gasteiger partial charge < -0.3 is 24.8 Å². The number of aromatic nitrogens is 1. The fourth-order valence-electron chi connectivity index (χ4n) is 2.37. The van der Waals surface area contributed by atoms with E-state index in [2.05, 4.69) is 9.88 Å². The molecule has 1 aliphatic rings. The number of nitrogens with zero attached hydrogens (tertiary/aromatic N) is 2. The Kier molecular flexibility index (Phi) is 4.58. The monoisotopic (exact) mass is 295 g/mol. The molecule has 0 saturated carbocycles. The van der Waals surface area contributed by atoms with Crippen molar-refractivity contribution in [2.45, 2.75) is 38.6 Å². The predicted octanol–water partition coefficient (Wildman–Crippen LogP) is 1.69. The first-order valence-electron chi connectivity index (χ1n) is 7.10. The van der Waals surface area contributed by atoms with Gasteiger partial charge >= 0.3 is 0 Å². The molecule has 1 saturated heterocycles. The van der Waals surface area contributed by atoms with Crippen LogP contribution in [0.15, 0.2) is 12.1 Å². The normalized spacial score (nSPS) is 22.6. The number of nitrogen functional groups attached to an aromatic ring is 1. The summed E-state index contributed by atoms with van der Waals surface area (Å²) in [5.74, 6) is 1.29. The summed E-state index contributed by atoms with van der Waals surface area (Å²) in [4.78, 5) is 6.67. The van der Waals surface area contributed by atoms with Crippen molar-refractivity contribution in [3.05, 3.63) is 12.1 Å². The van der Waals surface area contributed by atoms with E-state index < -0.39 is 0 Å². The van der Waals surface area contributed by atoms with Gasteiger partial charge in [0.1, 0.15) is 23.6 Å². The summed E-state index contributed by atoms with van der Waals surface area (Å²) in [6.07, 6.45) is 0.0858. The molecular formula is C15H25N3O3. The fourth-order valence-corrected chi connectivity index (χ4v) is 2.37. The number of methoxy groups -OCH3 is 2. The van der Waals surface area contributed by atoms with Crippen molar-refractivity contribution in [2.75, 3.05) is 37.9 Å². The molecule has 0 bridgehead atoms. The Bertz CT molecular complexity index is 476. The lowest BCUT2D eigenvalue weighted by Gasteiger charge is -2.23. The van der Waals surface area contributed by atoms with E-state index in [1.165, 1.54) is 0 Å². The van der Waals surface area contributed by atoms with Gasteiger partial charge in [-0.15, -0.1) is 0 Å². The van der Waals surface area contributed by atoms with Crippen molar-refractivity contribution in [3.8, 4) is 5.88 Å². The van der Waals surface area contributed by atoms with Gasteiger partial charge in [-0.3, -0.25) is 0 Å². The highest BCUT2D eigenvalue weighted by Crippen LogP contribution is 2.29. The van der Waals surface area contributed by atoms with E-state index >= 15 is 0 Å². The van der Waals surface area contributed by atoms with Gasteiger partial charge in [0, 0.05) is 27.3 Å². The second-order valence-electron chi connectivity index (χ2n) is 6.23. The number of pyridine rings is 1. The SMILES string of the molecule is COC1CN(c2ccc(N)c(OC(C)(C)C)n2)CC1OC. The van der Waals surface area contributed by atoms with Crippen molar-refractivity contribution in [1.82, 2.24) is 4.98 Å². The van der Waals surface area contributed by atoms with Crippen LogP contribution in [-0.4, -0.2) is 50.1 Å². The molecule has 0 amide bonds. The van der Waals surface area contributed by atoms with E-state index in [9.17, 15) is 0 Å². The zero-order valence-corrected chi connectivity index (χ0v) is 13.4. The second-order valence-corrected chi connectivity index (χ2v) is 6.23. The van der Waals surface area contributed by atoms with Crippen LogP contribution in [0.5, 0.6) is 5.88 Å². The van der Waals surface area contributed by atoms with Gasteiger partial charge in [0.2, 0.25) is 5.88 Å². The summed E-state index contributed by atoms with van der Waals surface area (Å²) >= 11 is 0. The number of hydrogen-bond acceptors (Lipinski definition) is 6. The Morgan fingerprint density at radius 1 is 1.14 bits per heavy atom. The third kappa shape index (κ3) is 3.77. The Morgan fingerprint density at radius 2 is 1.71 bits per heavy atom. The molecule has 0 aliphatic carbocycles. The summed E-state index contributed by atoms with van der Waals surface area (Å²) in [7, 11) is 3.40. The number of ether oxygens (including phenoxy) is 3. The van der Waals surface area contributed by atoms with Gasteiger partial charge in [-0.05, 0) is 32.9 Å². The molecule has 1 fully saturated rings. The van der Waals surface area contributed by atoms with E-state index in [1.807, 2.05) is 32.9 Å². The zero-order valence-electron chi connectivity index (χ0n) is 13.4. The minimum Gasteiger partial charge on any atom is -0.470 e. The third-order valence-electron chi connectivity index (χ3n) is 3.42. The fraction of sp³-hybridized carbons (Fsp3) is 0.667. The molecule has 1 aromatic rings. The first kappa shape index (κ1) is 15.9. The lowest BCUT2D eigenvalue weighted by Crippen LogP contribution is -2.27. The Morgan fingerprint density at radius 3 is 2.19 bits per heavy atom. The maximum atomic E-state index is 5.95. The van der Waals surface area contributed by atoms with Crippen molar-refractivity contribution < 1.29 is 14.2 Å². The third-order valence-corrected chi connectivity index (χ3v) is 3.42. The van der Waals surface area contributed by atoms with Gasteiger partial charge in [0.15, 0.2) is 0 Å². The maximum absolute atomic E-state index is 5.95. The Hall–Kier alpha value is -1.53. The molecule has 1 aromatic heterocycles. The average molecular weight is 295 g/mol. The molecule has 0 radical (unpaired) electrons. The van der Waals surface area contributed by atoms with Crippen molar-refractivity contribution >= 4 is 11.5 Å². The van der Waals surface area contributed by atoms with Gasteiger partial charge in [0.25, 0.3) is 0 Å². The van der Waals surface area contributed by atoms with Crippen LogP contribution < -0.4 is 15.4 Å². The summed E-state index contributed by atoms with van der Waals surface area (Å²) in [5, 5.41) is 0. The summed E-state index contributed by atoms with van der Waals surface area (Å²) < 4.78 is 16.7. The van der Waals surface area contributed by atoms with Crippen LogP contribution in [0.1, 0.15) is 20.8 Å². The van der Waals surface area contributed by atoms with Crippen LogP contribution >= 0.6 is 0 Å². The number of nitrogens with two attached hydrogens (primary N) is 1. The van der Waals surface area contributed by atoms with Gasteiger partial charge in [-0.25, -0.2) is 0 Å². The van der Waals surface area contributed by atoms with Gasteiger partial charge in [-0.2, -0.15) is 4.98 Å². The van der Waals surface area contributed by atoms with E-state index in [4.69, 9.17) is 19.9 Å². The van der Waals surface area contributed by atoms with E-state index in [0.29, 0.717) is 11.6 Å². The molecule has 2 rings (SSSR count). The van der Waals surface area contributed by atoms with Crippen molar-refractivity contribution in [3.63, 3.8) is 0 Å². The number of hydrogen-bond donors (Lipinski definition) is 1. The van der Waals surface area contributed by atoms with Crippen LogP contribution in [-0.2, 0) is 9.47 Å². The summed E-state index contributed by atoms with van der Waals surface area (Å²) in [5.41, 5.74) is 6.15. The van der Waals surface area contributed by atoms with Crippen molar-refractivity contribution in [1.29, 1.82) is 0 Å². The minimum absolute atomic E-state index is 0.0429. The molecule has 0 aromatic carbocycles. The molecule has 2 unspecified atom stereocenters. The molecule has 6 heteroatoms. The topological polar surface area (TPSA) is 69.8 Å². The molecule has 0 spiro atoms. The molecule has 1 aliphatic heterocycles. The standard InChI is InChI=1S/C15H25N3O3/c1-15(2,3)21-14-10(16)6-7-13(17-14)18-8-11(19-4)12(9-18)20-5/h6-7,11-12H,8-9,16H2,1-5H3. The molecule has 2 N–H and O–H groups in total. The highest BCUT2D eigenvalue weighted by Gasteiger charge is 2.34. The predicted molar refractivity (Wildman–Crippen MR) is 82.8 cm³/mol. The summed E-state index contributed by atoms with van der Waals surface area (Å²) in [6.45, 7) is 7.39. The Balaban J connectivity index is 2.20. The molecule has 118 valence electrons. The minimum atomic E-state index is -0.338. The van der Waals surface area contributed by atoms with Crippen LogP contribution in [0.2, 0.25) is 0 Å². The van der Waals surface area contributed by atoms with E-state index in [-0.39, 0.29) is 17.8 Å². The number of rotatable bonds is 4. The lowest BCUT2D eigenvalue weighted by atomic mass is 10.2. The molecule has 6 nitrogen and oxygen atoms in total. The highest BCUT2D eigenvalue weighted by molar-refractivity contribution is 5.55. The quantitative estimate of drug-likeness (QED) is 0.911. The first-order chi connectivity index (χ1) is 9.84. The van der Waals surface area contributed by atoms with E-state index in [1.54, 1.807) is 14.2 Å². The molecule has 2 atom stereocenters. The van der Waals surface area contributed by atoms with E-state index in [0.717, 1.165) is 18.9 Å². The molecular weight excluding hydrogens is 270 g/mol. The van der Waals surface area contributed by atoms with Crippen LogP contribution in [0.3, 0.4) is 0 Å². The smallest absolute Gasteiger partial charge is 0.239 e. The van der Waals surface area contributed by atoms with Crippen molar-refractivity contribution in [2.24, 2.45) is 0 Å². The van der Waals surface area contributed by atoms with Crippen LogP contribution in [0, 0.1) is 0 Å².